The van der Waals surface area contributed by atoms with Crippen LogP contribution in [0.1, 0.15) is 25.3 Å². The molecule has 0 spiro atoms. The highest BCUT2D eigenvalue weighted by Crippen LogP contribution is 2.30. The molecule has 1 aliphatic rings. The number of benzene rings is 1. The van der Waals surface area contributed by atoms with Crippen LogP contribution < -0.4 is 0 Å². The Kier molecular flexibility index (Phi) is 4.01. The summed E-state index contributed by atoms with van der Waals surface area (Å²) in [7, 11) is 0. The van der Waals surface area contributed by atoms with Crippen molar-refractivity contribution in [1.29, 1.82) is 0 Å². The molecule has 108 valence electrons. The summed E-state index contributed by atoms with van der Waals surface area (Å²) in [5.41, 5.74) is 0.184. The molecular weight excluding hydrogens is 268 g/mol. The number of rotatable bonds is 5. The number of carboxylic acid groups (broad SMARTS) is 1. The number of carbonyl (C=O) groups excluding carboxylic acids is 1. The molecule has 4 nitrogen and oxygen atoms in total. The molecule has 1 atom stereocenters. The Labute approximate surface area is 115 Å². The maximum absolute atomic E-state index is 13.6. The van der Waals surface area contributed by atoms with Gasteiger partial charge in [-0.2, -0.15) is 0 Å². The zero-order chi connectivity index (χ0) is 14.9. The van der Waals surface area contributed by atoms with E-state index in [9.17, 15) is 18.4 Å². The van der Waals surface area contributed by atoms with E-state index in [2.05, 4.69) is 0 Å². The minimum atomic E-state index is -1.21. The van der Waals surface area contributed by atoms with Gasteiger partial charge in [0.05, 0.1) is 0 Å². The van der Waals surface area contributed by atoms with E-state index in [0.717, 1.165) is 25.0 Å². The number of aliphatic carboxylic acids is 1. The van der Waals surface area contributed by atoms with Gasteiger partial charge in [0.2, 0.25) is 5.91 Å². The number of hydrogen-bond acceptors (Lipinski definition) is 2. The number of nitrogens with zero attached hydrogens (tertiary/aromatic N) is 1. The fraction of sp³-hybridized carbons (Fsp3) is 0.429. The molecule has 20 heavy (non-hydrogen) atoms. The van der Waals surface area contributed by atoms with Crippen LogP contribution in [0.2, 0.25) is 0 Å². The molecule has 1 amide bonds. The van der Waals surface area contributed by atoms with Gasteiger partial charge in [-0.1, -0.05) is 6.07 Å². The first kappa shape index (κ1) is 14.4. The summed E-state index contributed by atoms with van der Waals surface area (Å²) >= 11 is 0. The van der Waals surface area contributed by atoms with Crippen LogP contribution in [0.3, 0.4) is 0 Å². The molecule has 0 heterocycles. The Morgan fingerprint density at radius 1 is 1.40 bits per heavy atom. The van der Waals surface area contributed by atoms with E-state index in [0.29, 0.717) is 0 Å². The topological polar surface area (TPSA) is 57.6 Å². The number of carboxylic acids is 1. The molecular formula is C14H15F2NO3. The van der Waals surface area contributed by atoms with Crippen molar-refractivity contribution in [3.63, 3.8) is 0 Å². The number of hydrogen-bond donors (Lipinski definition) is 1. The highest BCUT2D eigenvalue weighted by atomic mass is 19.1. The minimum Gasteiger partial charge on any atom is -0.481 e. The lowest BCUT2D eigenvalue weighted by Crippen LogP contribution is -2.39. The number of amides is 1. The zero-order valence-electron chi connectivity index (χ0n) is 11.0. The molecule has 0 bridgehead atoms. The van der Waals surface area contributed by atoms with Crippen LogP contribution in [0.15, 0.2) is 18.2 Å². The average molecular weight is 283 g/mol. The molecule has 1 unspecified atom stereocenters. The van der Waals surface area contributed by atoms with Crippen molar-refractivity contribution in [2.45, 2.75) is 32.4 Å². The van der Waals surface area contributed by atoms with Gasteiger partial charge in [0.15, 0.2) is 0 Å². The van der Waals surface area contributed by atoms with E-state index in [1.165, 1.54) is 17.9 Å². The predicted octanol–water partition coefficient (Wildman–Crippen LogP) is 2.18. The largest absolute Gasteiger partial charge is 0.481 e. The van der Waals surface area contributed by atoms with Crippen LogP contribution in [0, 0.1) is 17.6 Å². The van der Waals surface area contributed by atoms with E-state index in [4.69, 9.17) is 5.11 Å². The van der Waals surface area contributed by atoms with E-state index < -0.39 is 29.4 Å². The number of halogens is 2. The van der Waals surface area contributed by atoms with Gasteiger partial charge in [0, 0.05) is 24.2 Å². The lowest BCUT2D eigenvalue weighted by Gasteiger charge is -2.24. The van der Waals surface area contributed by atoms with E-state index in [1.54, 1.807) is 0 Å². The second-order valence-corrected chi connectivity index (χ2v) is 4.99. The van der Waals surface area contributed by atoms with Crippen molar-refractivity contribution in [3.05, 3.63) is 35.4 Å². The first-order valence-corrected chi connectivity index (χ1v) is 6.37. The van der Waals surface area contributed by atoms with Crippen molar-refractivity contribution in [2.75, 3.05) is 0 Å². The molecule has 0 radical (unpaired) electrons. The normalized spacial score (nSPS) is 15.8. The fourth-order valence-corrected chi connectivity index (χ4v) is 1.96. The van der Waals surface area contributed by atoms with E-state index in [-0.39, 0.29) is 18.2 Å². The summed E-state index contributed by atoms with van der Waals surface area (Å²) in [4.78, 5) is 24.3. The minimum absolute atomic E-state index is 0.0345. The van der Waals surface area contributed by atoms with Gasteiger partial charge in [-0.05, 0) is 25.8 Å². The zero-order valence-corrected chi connectivity index (χ0v) is 11.0. The summed E-state index contributed by atoms with van der Waals surface area (Å²) in [6.45, 7) is 1.27. The molecule has 0 aromatic heterocycles. The monoisotopic (exact) mass is 283 g/mol. The smallest absolute Gasteiger partial charge is 0.315 e. The van der Waals surface area contributed by atoms with Gasteiger partial charge in [-0.25, -0.2) is 8.78 Å². The third kappa shape index (κ3) is 3.12. The molecule has 1 fully saturated rings. The third-order valence-corrected chi connectivity index (χ3v) is 3.37. The average Bonchev–Trinajstić information content (AvgIpc) is 3.20. The van der Waals surface area contributed by atoms with Gasteiger partial charge in [0.25, 0.3) is 0 Å². The SMILES string of the molecule is CC(C(=O)O)C(=O)N(Cc1ccc(F)cc1F)C1CC1. The van der Waals surface area contributed by atoms with Gasteiger partial charge in [-0.3, -0.25) is 9.59 Å². The maximum atomic E-state index is 13.6. The Hall–Kier alpha value is -1.98. The third-order valence-electron chi connectivity index (χ3n) is 3.37. The van der Waals surface area contributed by atoms with E-state index in [1.807, 2.05) is 0 Å². The Morgan fingerprint density at radius 3 is 2.55 bits per heavy atom. The van der Waals surface area contributed by atoms with Crippen LogP contribution >= 0.6 is 0 Å². The standard InChI is InChI=1S/C14H15F2NO3/c1-8(14(19)20)13(18)17(11-4-5-11)7-9-2-3-10(15)6-12(9)16/h2-3,6,8,11H,4-5,7H2,1H3,(H,19,20). The highest BCUT2D eigenvalue weighted by Gasteiger charge is 2.36. The van der Waals surface area contributed by atoms with Crippen molar-refractivity contribution < 1.29 is 23.5 Å². The molecule has 1 aliphatic carbocycles. The Morgan fingerprint density at radius 2 is 2.05 bits per heavy atom. The summed E-state index contributed by atoms with van der Waals surface area (Å²) in [5, 5.41) is 8.89. The summed E-state index contributed by atoms with van der Waals surface area (Å²) in [6.07, 6.45) is 1.56. The van der Waals surface area contributed by atoms with Crippen LogP contribution in [0.4, 0.5) is 8.78 Å². The molecule has 1 aromatic carbocycles. The molecule has 1 aromatic rings. The highest BCUT2D eigenvalue weighted by molar-refractivity contribution is 5.96. The lowest BCUT2D eigenvalue weighted by molar-refractivity contribution is -0.150. The van der Waals surface area contributed by atoms with Crippen molar-refractivity contribution >= 4 is 11.9 Å². The van der Waals surface area contributed by atoms with Crippen LogP contribution in [0.5, 0.6) is 0 Å². The Bertz CT molecular complexity index is 543. The second-order valence-electron chi connectivity index (χ2n) is 4.99. The summed E-state index contributed by atoms with van der Waals surface area (Å²) < 4.78 is 26.5. The first-order chi connectivity index (χ1) is 9.40. The summed E-state index contributed by atoms with van der Waals surface area (Å²) in [6, 6.07) is 3.10. The van der Waals surface area contributed by atoms with Crippen molar-refractivity contribution in [2.24, 2.45) is 5.92 Å². The predicted molar refractivity (Wildman–Crippen MR) is 66.7 cm³/mol. The molecule has 6 heteroatoms. The first-order valence-electron chi connectivity index (χ1n) is 6.37. The molecule has 0 aliphatic heterocycles. The molecule has 0 saturated heterocycles. The Balaban J connectivity index is 2.17. The molecule has 1 N–H and O–H groups in total. The quantitative estimate of drug-likeness (QED) is 0.843. The van der Waals surface area contributed by atoms with Crippen molar-refractivity contribution in [1.82, 2.24) is 4.90 Å². The lowest BCUT2D eigenvalue weighted by atomic mass is 10.1. The second kappa shape index (κ2) is 5.56. The number of carbonyl (C=O) groups is 2. The molecule has 1 saturated carbocycles. The van der Waals surface area contributed by atoms with Crippen LogP contribution in [-0.4, -0.2) is 27.9 Å². The van der Waals surface area contributed by atoms with Gasteiger partial charge >= 0.3 is 5.97 Å². The maximum Gasteiger partial charge on any atom is 0.315 e. The fourth-order valence-electron chi connectivity index (χ4n) is 1.96. The van der Waals surface area contributed by atoms with Gasteiger partial charge in [-0.15, -0.1) is 0 Å². The molecule has 2 rings (SSSR count). The van der Waals surface area contributed by atoms with E-state index >= 15 is 0 Å². The van der Waals surface area contributed by atoms with Crippen LogP contribution in [0.25, 0.3) is 0 Å². The van der Waals surface area contributed by atoms with Crippen LogP contribution in [-0.2, 0) is 16.1 Å². The van der Waals surface area contributed by atoms with Gasteiger partial charge < -0.3 is 10.0 Å². The van der Waals surface area contributed by atoms with Gasteiger partial charge in [0.1, 0.15) is 17.6 Å². The van der Waals surface area contributed by atoms with Crippen molar-refractivity contribution in [3.8, 4) is 0 Å². The summed E-state index contributed by atoms with van der Waals surface area (Å²) in [5.74, 6) is -4.33.